The van der Waals surface area contributed by atoms with Crippen molar-refractivity contribution in [3.63, 3.8) is 0 Å². The highest BCUT2D eigenvalue weighted by molar-refractivity contribution is 6.04. The van der Waals surface area contributed by atoms with Crippen LogP contribution in [0, 0.1) is 13.8 Å². The number of aryl methyl sites for hydroxylation is 1. The molecule has 3 rings (SSSR count). The SMILES string of the molecule is Cc1cccc(NC(=O)CC(=O)N2CCN(C3CCCC3)C(=O)C2)c1C. The molecule has 0 radical (unpaired) electrons. The lowest BCUT2D eigenvalue weighted by molar-refractivity contribution is -0.148. The summed E-state index contributed by atoms with van der Waals surface area (Å²) < 4.78 is 0. The first-order chi connectivity index (χ1) is 12.5. The summed E-state index contributed by atoms with van der Waals surface area (Å²) in [6, 6.07) is 6.02. The Balaban J connectivity index is 1.52. The van der Waals surface area contributed by atoms with Crippen molar-refractivity contribution >= 4 is 23.4 Å². The molecule has 1 aliphatic carbocycles. The average Bonchev–Trinajstić information content (AvgIpc) is 3.13. The smallest absolute Gasteiger partial charge is 0.242 e. The number of anilines is 1. The number of carbonyl (C=O) groups excluding carboxylic acids is 3. The van der Waals surface area contributed by atoms with Crippen LogP contribution >= 0.6 is 0 Å². The van der Waals surface area contributed by atoms with E-state index in [0.29, 0.717) is 19.1 Å². The predicted octanol–water partition coefficient (Wildman–Crippen LogP) is 2.25. The van der Waals surface area contributed by atoms with Crippen LogP contribution in [0.25, 0.3) is 0 Å². The van der Waals surface area contributed by atoms with Gasteiger partial charge < -0.3 is 15.1 Å². The van der Waals surface area contributed by atoms with Crippen molar-refractivity contribution in [1.82, 2.24) is 9.80 Å². The Bertz CT molecular complexity index is 710. The van der Waals surface area contributed by atoms with Crippen LogP contribution < -0.4 is 5.32 Å². The molecule has 140 valence electrons. The molecule has 3 amide bonds. The highest BCUT2D eigenvalue weighted by atomic mass is 16.2. The largest absolute Gasteiger partial charge is 0.336 e. The Kier molecular flexibility index (Phi) is 5.59. The van der Waals surface area contributed by atoms with Crippen molar-refractivity contribution < 1.29 is 14.4 Å². The minimum atomic E-state index is -0.339. The molecule has 0 aromatic heterocycles. The number of piperazine rings is 1. The number of nitrogens with one attached hydrogen (secondary N) is 1. The molecule has 0 bridgehead atoms. The van der Waals surface area contributed by atoms with E-state index in [2.05, 4.69) is 5.32 Å². The van der Waals surface area contributed by atoms with Gasteiger partial charge in [-0.1, -0.05) is 25.0 Å². The number of carbonyl (C=O) groups is 3. The van der Waals surface area contributed by atoms with Crippen LogP contribution in [-0.4, -0.2) is 53.2 Å². The highest BCUT2D eigenvalue weighted by Crippen LogP contribution is 2.25. The van der Waals surface area contributed by atoms with E-state index >= 15 is 0 Å². The van der Waals surface area contributed by atoms with Crippen molar-refractivity contribution in [2.75, 3.05) is 25.0 Å². The Morgan fingerprint density at radius 1 is 1.15 bits per heavy atom. The third-order valence-corrected chi connectivity index (χ3v) is 5.57. The number of nitrogens with zero attached hydrogens (tertiary/aromatic N) is 2. The van der Waals surface area contributed by atoms with Gasteiger partial charge in [0, 0.05) is 24.8 Å². The van der Waals surface area contributed by atoms with Crippen molar-refractivity contribution in [2.24, 2.45) is 0 Å². The maximum Gasteiger partial charge on any atom is 0.242 e. The first kappa shape index (κ1) is 18.4. The fraction of sp³-hybridized carbons (Fsp3) is 0.550. The number of amides is 3. The minimum absolute atomic E-state index is 0.00596. The third-order valence-electron chi connectivity index (χ3n) is 5.57. The number of hydrogen-bond acceptors (Lipinski definition) is 3. The first-order valence-electron chi connectivity index (χ1n) is 9.39. The summed E-state index contributed by atoms with van der Waals surface area (Å²) in [5.41, 5.74) is 2.81. The van der Waals surface area contributed by atoms with Crippen molar-refractivity contribution in [3.05, 3.63) is 29.3 Å². The molecule has 1 N–H and O–H groups in total. The van der Waals surface area contributed by atoms with Crippen molar-refractivity contribution in [1.29, 1.82) is 0 Å². The lowest BCUT2D eigenvalue weighted by Crippen LogP contribution is -2.55. The summed E-state index contributed by atoms with van der Waals surface area (Å²) in [5, 5.41) is 2.80. The molecule has 1 aromatic rings. The zero-order chi connectivity index (χ0) is 18.7. The van der Waals surface area contributed by atoms with Gasteiger partial charge in [-0.25, -0.2) is 0 Å². The molecule has 0 unspecified atom stereocenters. The van der Waals surface area contributed by atoms with E-state index < -0.39 is 0 Å². The maximum atomic E-state index is 12.4. The molecule has 26 heavy (non-hydrogen) atoms. The molecule has 1 aromatic carbocycles. The zero-order valence-corrected chi connectivity index (χ0v) is 15.6. The molecular formula is C20H27N3O3. The maximum absolute atomic E-state index is 12.4. The van der Waals surface area contributed by atoms with Gasteiger partial charge in [0.2, 0.25) is 17.7 Å². The molecule has 0 spiro atoms. The Morgan fingerprint density at radius 2 is 1.88 bits per heavy atom. The normalized spacial score (nSPS) is 18.3. The fourth-order valence-electron chi connectivity index (χ4n) is 3.83. The fourth-order valence-corrected chi connectivity index (χ4v) is 3.83. The molecule has 0 atom stereocenters. The minimum Gasteiger partial charge on any atom is -0.336 e. The van der Waals surface area contributed by atoms with Crippen LogP contribution in [0.15, 0.2) is 18.2 Å². The Hall–Kier alpha value is -2.37. The van der Waals surface area contributed by atoms with Crippen molar-refractivity contribution in [2.45, 2.75) is 52.0 Å². The number of benzene rings is 1. The molecule has 1 heterocycles. The predicted molar refractivity (Wildman–Crippen MR) is 99.7 cm³/mol. The summed E-state index contributed by atoms with van der Waals surface area (Å²) in [6.45, 7) is 5.09. The standard InChI is InChI=1S/C20H27N3O3/c1-14-6-5-9-17(15(14)2)21-18(24)12-19(25)22-10-11-23(20(26)13-22)16-7-3-4-8-16/h5-6,9,16H,3-4,7-8,10-13H2,1-2H3,(H,21,24). The second-order valence-electron chi connectivity index (χ2n) is 7.31. The molecule has 1 aliphatic heterocycles. The molecule has 1 saturated heterocycles. The monoisotopic (exact) mass is 357 g/mol. The second-order valence-corrected chi connectivity index (χ2v) is 7.31. The van der Waals surface area contributed by atoms with Crippen LogP contribution in [-0.2, 0) is 14.4 Å². The quantitative estimate of drug-likeness (QED) is 0.840. The second kappa shape index (κ2) is 7.89. The summed E-state index contributed by atoms with van der Waals surface area (Å²) in [5.74, 6) is -0.618. The Morgan fingerprint density at radius 3 is 2.58 bits per heavy atom. The van der Waals surface area contributed by atoms with Crippen LogP contribution in [0.1, 0.15) is 43.2 Å². The van der Waals surface area contributed by atoms with Crippen LogP contribution in [0.5, 0.6) is 0 Å². The van der Waals surface area contributed by atoms with E-state index in [0.717, 1.165) is 29.7 Å². The van der Waals surface area contributed by atoms with E-state index in [1.54, 1.807) is 0 Å². The average molecular weight is 357 g/mol. The summed E-state index contributed by atoms with van der Waals surface area (Å²) in [4.78, 5) is 40.5. The van der Waals surface area contributed by atoms with E-state index in [4.69, 9.17) is 0 Å². The first-order valence-corrected chi connectivity index (χ1v) is 9.39. The van der Waals surface area contributed by atoms with Gasteiger partial charge >= 0.3 is 0 Å². The topological polar surface area (TPSA) is 69.7 Å². The van der Waals surface area contributed by atoms with Gasteiger partial charge in [-0.2, -0.15) is 0 Å². The summed E-state index contributed by atoms with van der Waals surface area (Å²) in [7, 11) is 0. The van der Waals surface area contributed by atoms with E-state index in [1.165, 1.54) is 17.7 Å². The number of rotatable bonds is 4. The molecule has 6 nitrogen and oxygen atoms in total. The molecule has 6 heteroatoms. The lowest BCUT2D eigenvalue weighted by atomic mass is 10.1. The molecule has 2 aliphatic rings. The van der Waals surface area contributed by atoms with Gasteiger partial charge in [-0.3, -0.25) is 14.4 Å². The van der Waals surface area contributed by atoms with Crippen LogP contribution in [0.2, 0.25) is 0 Å². The van der Waals surface area contributed by atoms with Gasteiger partial charge in [0.25, 0.3) is 0 Å². The van der Waals surface area contributed by atoms with Gasteiger partial charge in [0.15, 0.2) is 0 Å². The van der Waals surface area contributed by atoms with Gasteiger partial charge in [-0.05, 0) is 43.9 Å². The van der Waals surface area contributed by atoms with E-state index in [9.17, 15) is 14.4 Å². The summed E-state index contributed by atoms with van der Waals surface area (Å²) in [6.07, 6.45) is 4.26. The van der Waals surface area contributed by atoms with E-state index in [1.807, 2.05) is 36.9 Å². The zero-order valence-electron chi connectivity index (χ0n) is 15.6. The van der Waals surface area contributed by atoms with Gasteiger partial charge in [-0.15, -0.1) is 0 Å². The lowest BCUT2D eigenvalue weighted by Gasteiger charge is -2.37. The Labute approximate surface area is 154 Å². The van der Waals surface area contributed by atoms with Crippen LogP contribution in [0.4, 0.5) is 5.69 Å². The molecule has 1 saturated carbocycles. The van der Waals surface area contributed by atoms with E-state index in [-0.39, 0.29) is 30.7 Å². The van der Waals surface area contributed by atoms with Gasteiger partial charge in [0.05, 0.1) is 6.54 Å². The highest BCUT2D eigenvalue weighted by Gasteiger charge is 2.33. The van der Waals surface area contributed by atoms with Crippen LogP contribution in [0.3, 0.4) is 0 Å². The summed E-state index contributed by atoms with van der Waals surface area (Å²) >= 11 is 0. The van der Waals surface area contributed by atoms with Crippen molar-refractivity contribution in [3.8, 4) is 0 Å². The van der Waals surface area contributed by atoms with Gasteiger partial charge in [0.1, 0.15) is 6.42 Å². The molecule has 2 fully saturated rings. The molecular weight excluding hydrogens is 330 g/mol. The third kappa shape index (κ3) is 4.06. The number of hydrogen-bond donors (Lipinski definition) is 1.